The van der Waals surface area contributed by atoms with E-state index >= 15 is 0 Å². The van der Waals surface area contributed by atoms with Gasteiger partial charge in [-0.3, -0.25) is 4.90 Å². The highest BCUT2D eigenvalue weighted by Gasteiger charge is 2.23. The van der Waals surface area contributed by atoms with Gasteiger partial charge in [0.05, 0.1) is 5.69 Å². The third-order valence-electron chi connectivity index (χ3n) is 4.48. The fourth-order valence-electron chi connectivity index (χ4n) is 3.17. The van der Waals surface area contributed by atoms with E-state index in [1.165, 1.54) is 16.1 Å². The van der Waals surface area contributed by atoms with E-state index in [1.807, 2.05) is 6.07 Å². The maximum absolute atomic E-state index is 5.81. The first-order valence-electron chi connectivity index (χ1n) is 7.58. The summed E-state index contributed by atoms with van der Waals surface area (Å²) in [6.07, 6.45) is 2.00. The number of hydrogen-bond acceptors (Lipinski definition) is 6. The normalized spacial score (nSPS) is 18.8. The van der Waals surface area contributed by atoms with E-state index in [4.69, 9.17) is 15.2 Å². The summed E-state index contributed by atoms with van der Waals surface area (Å²) in [5.41, 5.74) is 8.26. The van der Waals surface area contributed by atoms with Crippen molar-refractivity contribution in [1.82, 2.24) is 9.88 Å². The molecule has 2 aromatic rings. The van der Waals surface area contributed by atoms with Gasteiger partial charge in [-0.05, 0) is 31.0 Å². The van der Waals surface area contributed by atoms with Crippen LogP contribution in [0, 0.1) is 0 Å². The standard InChI is InChI=1S/C16H19N3O2S/c1-10(11-2-3-13-14(8-11)21-9-20-13)19-6-4-12-15(5-7-19)22-16(17)18-12/h2-3,8,10H,4-7,9H2,1H3,(H2,17,18). The predicted molar refractivity (Wildman–Crippen MR) is 86.5 cm³/mol. The van der Waals surface area contributed by atoms with Crippen molar-refractivity contribution in [3.63, 3.8) is 0 Å². The predicted octanol–water partition coefficient (Wildman–Crippen LogP) is 2.62. The smallest absolute Gasteiger partial charge is 0.231 e. The molecule has 1 aromatic carbocycles. The zero-order valence-electron chi connectivity index (χ0n) is 12.5. The molecule has 0 saturated heterocycles. The highest BCUT2D eigenvalue weighted by atomic mass is 32.1. The van der Waals surface area contributed by atoms with Gasteiger partial charge in [-0.1, -0.05) is 6.07 Å². The number of thiazole rings is 1. The molecule has 1 unspecified atom stereocenters. The number of benzene rings is 1. The van der Waals surface area contributed by atoms with Crippen molar-refractivity contribution in [3.05, 3.63) is 34.3 Å². The lowest BCUT2D eigenvalue weighted by Gasteiger charge is -2.28. The number of nitrogens with two attached hydrogens (primary N) is 1. The summed E-state index contributed by atoms with van der Waals surface area (Å²) in [4.78, 5) is 8.31. The summed E-state index contributed by atoms with van der Waals surface area (Å²) in [6, 6.07) is 6.59. The van der Waals surface area contributed by atoms with Gasteiger partial charge in [0.1, 0.15) is 0 Å². The first-order valence-corrected chi connectivity index (χ1v) is 8.40. The lowest BCUT2D eigenvalue weighted by atomic mass is 10.1. The zero-order chi connectivity index (χ0) is 15.1. The van der Waals surface area contributed by atoms with Gasteiger partial charge in [0.15, 0.2) is 16.6 Å². The molecule has 5 nitrogen and oxygen atoms in total. The van der Waals surface area contributed by atoms with Crippen LogP contribution in [0.25, 0.3) is 0 Å². The van der Waals surface area contributed by atoms with E-state index in [0.717, 1.165) is 37.4 Å². The first-order chi connectivity index (χ1) is 10.7. The third kappa shape index (κ3) is 2.42. The SMILES string of the molecule is CC(c1ccc2c(c1)OCO2)N1CCc2nc(N)sc2CC1. The molecule has 0 radical (unpaired) electrons. The Morgan fingerprint density at radius 2 is 2.05 bits per heavy atom. The number of ether oxygens (including phenoxy) is 2. The van der Waals surface area contributed by atoms with Gasteiger partial charge in [0.2, 0.25) is 6.79 Å². The quantitative estimate of drug-likeness (QED) is 0.922. The van der Waals surface area contributed by atoms with Gasteiger partial charge < -0.3 is 15.2 Å². The Bertz CT molecular complexity index is 675. The van der Waals surface area contributed by atoms with Crippen LogP contribution in [-0.4, -0.2) is 29.8 Å². The van der Waals surface area contributed by atoms with E-state index in [0.29, 0.717) is 18.0 Å². The van der Waals surface area contributed by atoms with Crippen molar-refractivity contribution >= 4 is 16.5 Å². The summed E-state index contributed by atoms with van der Waals surface area (Å²) in [6.45, 7) is 4.61. The Balaban J connectivity index is 1.51. The van der Waals surface area contributed by atoms with Crippen LogP contribution in [-0.2, 0) is 12.8 Å². The lowest BCUT2D eigenvalue weighted by molar-refractivity contribution is 0.173. The number of anilines is 1. The molecule has 2 aliphatic heterocycles. The van der Waals surface area contributed by atoms with Gasteiger partial charge in [0, 0.05) is 30.4 Å². The average Bonchev–Trinajstić information content (AvgIpc) is 3.07. The molecule has 0 bridgehead atoms. The molecule has 0 saturated carbocycles. The molecule has 4 rings (SSSR count). The summed E-state index contributed by atoms with van der Waals surface area (Å²) in [7, 11) is 0. The molecule has 0 aliphatic carbocycles. The minimum atomic E-state index is 0.324. The highest BCUT2D eigenvalue weighted by molar-refractivity contribution is 7.15. The van der Waals surface area contributed by atoms with E-state index in [1.54, 1.807) is 11.3 Å². The second kappa shape index (κ2) is 5.44. The molecule has 2 aliphatic rings. The molecule has 22 heavy (non-hydrogen) atoms. The van der Waals surface area contributed by atoms with Crippen LogP contribution in [0.5, 0.6) is 11.5 Å². The Kier molecular flexibility index (Phi) is 3.43. The van der Waals surface area contributed by atoms with Crippen LogP contribution in [0.1, 0.15) is 29.1 Å². The molecule has 6 heteroatoms. The Morgan fingerprint density at radius 3 is 2.95 bits per heavy atom. The van der Waals surface area contributed by atoms with E-state index in [9.17, 15) is 0 Å². The van der Waals surface area contributed by atoms with Crippen molar-refractivity contribution in [2.45, 2.75) is 25.8 Å². The van der Waals surface area contributed by atoms with Crippen molar-refractivity contribution < 1.29 is 9.47 Å². The number of rotatable bonds is 2. The fraction of sp³-hybridized carbons (Fsp3) is 0.438. The lowest BCUT2D eigenvalue weighted by Crippen LogP contribution is -2.29. The summed E-state index contributed by atoms with van der Waals surface area (Å²) in [5.74, 6) is 1.70. The Labute approximate surface area is 133 Å². The second-order valence-corrected chi connectivity index (χ2v) is 6.86. The van der Waals surface area contributed by atoms with E-state index < -0.39 is 0 Å². The van der Waals surface area contributed by atoms with Crippen molar-refractivity contribution in [1.29, 1.82) is 0 Å². The minimum Gasteiger partial charge on any atom is -0.454 e. The van der Waals surface area contributed by atoms with Crippen LogP contribution < -0.4 is 15.2 Å². The van der Waals surface area contributed by atoms with Crippen molar-refractivity contribution in [2.75, 3.05) is 25.6 Å². The van der Waals surface area contributed by atoms with Crippen molar-refractivity contribution in [2.24, 2.45) is 0 Å². The summed E-state index contributed by atoms with van der Waals surface area (Å²) < 4.78 is 10.9. The minimum absolute atomic E-state index is 0.324. The van der Waals surface area contributed by atoms with Crippen LogP contribution in [0.4, 0.5) is 5.13 Å². The van der Waals surface area contributed by atoms with Gasteiger partial charge in [-0.15, -0.1) is 11.3 Å². The molecular weight excluding hydrogens is 298 g/mol. The van der Waals surface area contributed by atoms with E-state index in [-0.39, 0.29) is 0 Å². The summed E-state index contributed by atoms with van der Waals surface area (Å²) >= 11 is 1.63. The zero-order valence-corrected chi connectivity index (χ0v) is 13.4. The molecule has 116 valence electrons. The van der Waals surface area contributed by atoms with Gasteiger partial charge >= 0.3 is 0 Å². The second-order valence-electron chi connectivity index (χ2n) is 5.75. The van der Waals surface area contributed by atoms with Gasteiger partial charge in [-0.25, -0.2) is 4.98 Å². The van der Waals surface area contributed by atoms with Crippen molar-refractivity contribution in [3.8, 4) is 11.5 Å². The van der Waals surface area contributed by atoms with Crippen LogP contribution in [0.2, 0.25) is 0 Å². The summed E-state index contributed by atoms with van der Waals surface area (Å²) in [5, 5.41) is 0.697. The Morgan fingerprint density at radius 1 is 1.23 bits per heavy atom. The molecule has 3 heterocycles. The maximum Gasteiger partial charge on any atom is 0.231 e. The largest absolute Gasteiger partial charge is 0.454 e. The van der Waals surface area contributed by atoms with Gasteiger partial charge in [0.25, 0.3) is 0 Å². The van der Waals surface area contributed by atoms with Crippen LogP contribution >= 0.6 is 11.3 Å². The number of nitrogen functional groups attached to an aromatic ring is 1. The number of nitrogens with zero attached hydrogens (tertiary/aromatic N) is 2. The monoisotopic (exact) mass is 317 g/mol. The number of aromatic nitrogens is 1. The van der Waals surface area contributed by atoms with E-state index in [2.05, 4.69) is 28.9 Å². The molecule has 1 atom stereocenters. The number of fused-ring (bicyclic) bond motifs is 2. The van der Waals surface area contributed by atoms with Crippen LogP contribution in [0.15, 0.2) is 18.2 Å². The molecule has 0 spiro atoms. The maximum atomic E-state index is 5.81. The third-order valence-corrected chi connectivity index (χ3v) is 5.47. The average molecular weight is 317 g/mol. The number of hydrogen-bond donors (Lipinski definition) is 1. The van der Waals surface area contributed by atoms with Crippen LogP contribution in [0.3, 0.4) is 0 Å². The fourth-order valence-corrected chi connectivity index (χ4v) is 4.04. The van der Waals surface area contributed by atoms with Gasteiger partial charge in [-0.2, -0.15) is 0 Å². The molecule has 0 fully saturated rings. The Hall–Kier alpha value is -1.79. The first kappa shape index (κ1) is 13.8. The highest BCUT2D eigenvalue weighted by Crippen LogP contribution is 2.36. The molecular formula is C16H19N3O2S. The molecule has 1 aromatic heterocycles. The molecule has 0 amide bonds. The molecule has 2 N–H and O–H groups in total. The topological polar surface area (TPSA) is 60.6 Å².